The van der Waals surface area contributed by atoms with Crippen LogP contribution in [0.5, 0.6) is 0 Å². The van der Waals surface area contributed by atoms with Crippen LogP contribution in [-0.4, -0.2) is 39.7 Å². The highest BCUT2D eigenvalue weighted by Crippen LogP contribution is 2.18. The van der Waals surface area contributed by atoms with Gasteiger partial charge in [-0.3, -0.25) is 9.88 Å². The summed E-state index contributed by atoms with van der Waals surface area (Å²) < 4.78 is 5.65. The number of allylic oxidation sites excluding steroid dienone is 3. The van der Waals surface area contributed by atoms with E-state index in [2.05, 4.69) is 63.9 Å². The molecular formula is C26H28ClN5O. The number of aryl methyl sites for hydroxylation is 1. The number of hydrogen-bond acceptors (Lipinski definition) is 5. The second-order valence-corrected chi connectivity index (χ2v) is 8.54. The maximum absolute atomic E-state index is 5.85. The predicted octanol–water partition coefficient (Wildman–Crippen LogP) is 5.76. The number of ether oxygens (including phenoxy) is 1. The summed E-state index contributed by atoms with van der Waals surface area (Å²) >= 11 is 5.85. The van der Waals surface area contributed by atoms with E-state index in [-0.39, 0.29) is 0 Å². The molecule has 33 heavy (non-hydrogen) atoms. The average Bonchev–Trinajstić information content (AvgIpc) is 3.22. The van der Waals surface area contributed by atoms with Gasteiger partial charge in [0.15, 0.2) is 0 Å². The number of fused-ring (bicyclic) bond motifs is 1. The van der Waals surface area contributed by atoms with E-state index in [1.165, 1.54) is 11.1 Å². The predicted molar refractivity (Wildman–Crippen MR) is 134 cm³/mol. The Labute approximate surface area is 199 Å². The lowest BCUT2D eigenvalue weighted by Gasteiger charge is -2.25. The fourth-order valence-electron chi connectivity index (χ4n) is 3.70. The van der Waals surface area contributed by atoms with Crippen molar-refractivity contribution in [3.8, 4) is 0 Å². The van der Waals surface area contributed by atoms with Crippen LogP contribution in [0.3, 0.4) is 0 Å². The van der Waals surface area contributed by atoms with Crippen LogP contribution in [-0.2, 0) is 17.9 Å². The lowest BCUT2D eigenvalue weighted by atomic mass is 10.0. The van der Waals surface area contributed by atoms with Gasteiger partial charge in [0.2, 0.25) is 5.88 Å². The zero-order valence-corrected chi connectivity index (χ0v) is 19.6. The first kappa shape index (κ1) is 23.0. The number of nitrogens with one attached hydrogen (secondary N) is 1. The van der Waals surface area contributed by atoms with Gasteiger partial charge in [0.25, 0.3) is 0 Å². The third kappa shape index (κ3) is 6.63. The molecule has 1 N–H and O–H groups in total. The fraction of sp³-hybridized carbons (Fsp3) is 0.269. The van der Waals surface area contributed by atoms with Crippen LogP contribution in [0.4, 0.5) is 0 Å². The van der Waals surface area contributed by atoms with E-state index >= 15 is 0 Å². The Morgan fingerprint density at radius 3 is 3.00 bits per heavy atom. The molecule has 0 unspecified atom stereocenters. The molecule has 3 aromatic rings. The largest absolute Gasteiger partial charge is 0.471 e. The molecule has 0 fully saturated rings. The number of rotatable bonds is 9. The summed E-state index contributed by atoms with van der Waals surface area (Å²) in [4.78, 5) is 18.7. The quantitative estimate of drug-likeness (QED) is 0.190. The lowest BCUT2D eigenvalue weighted by molar-refractivity contribution is 0.194. The molecule has 4 rings (SSSR count). The molecule has 0 radical (unpaired) electrons. The van der Waals surface area contributed by atoms with Crippen LogP contribution in [0.15, 0.2) is 77.3 Å². The Balaban J connectivity index is 1.23. The average molecular weight is 462 g/mol. The van der Waals surface area contributed by atoms with Crippen molar-refractivity contribution in [2.45, 2.75) is 32.9 Å². The third-order valence-corrected chi connectivity index (χ3v) is 5.74. The molecule has 170 valence electrons. The first-order valence-corrected chi connectivity index (χ1v) is 11.4. The number of aromatic nitrogens is 3. The van der Waals surface area contributed by atoms with Crippen molar-refractivity contribution in [3.63, 3.8) is 0 Å². The summed E-state index contributed by atoms with van der Waals surface area (Å²) in [5, 5.41) is 0.601. The topological polar surface area (TPSA) is 66.4 Å². The highest BCUT2D eigenvalue weighted by Gasteiger charge is 2.13. The van der Waals surface area contributed by atoms with E-state index in [9.17, 15) is 0 Å². The monoisotopic (exact) mass is 461 g/mol. The molecule has 0 saturated heterocycles. The summed E-state index contributed by atoms with van der Waals surface area (Å²) in [7, 11) is 0. The van der Waals surface area contributed by atoms with Crippen LogP contribution in [0.1, 0.15) is 29.9 Å². The van der Waals surface area contributed by atoms with Crippen LogP contribution in [0.25, 0.3) is 11.0 Å². The molecule has 3 heterocycles. The minimum absolute atomic E-state index is 0.321. The van der Waals surface area contributed by atoms with Crippen molar-refractivity contribution in [2.24, 2.45) is 4.99 Å². The highest BCUT2D eigenvalue weighted by atomic mass is 35.5. The molecule has 1 aliphatic rings. The van der Waals surface area contributed by atoms with Crippen LogP contribution < -0.4 is 0 Å². The van der Waals surface area contributed by atoms with Gasteiger partial charge in [0, 0.05) is 19.3 Å². The molecule has 0 aliphatic carbocycles. The van der Waals surface area contributed by atoms with Gasteiger partial charge >= 0.3 is 0 Å². The Kier molecular flexibility index (Phi) is 7.70. The molecule has 0 saturated carbocycles. The number of nitrogens with zero attached hydrogens (tertiary/aromatic N) is 4. The van der Waals surface area contributed by atoms with Gasteiger partial charge < -0.3 is 9.72 Å². The van der Waals surface area contributed by atoms with Gasteiger partial charge in [-0.05, 0) is 62.4 Å². The van der Waals surface area contributed by atoms with Gasteiger partial charge in [0.1, 0.15) is 12.4 Å². The van der Waals surface area contributed by atoms with Crippen molar-refractivity contribution < 1.29 is 4.74 Å². The first-order valence-electron chi connectivity index (χ1n) is 11.0. The van der Waals surface area contributed by atoms with Crippen molar-refractivity contribution in [2.75, 3.05) is 13.1 Å². The summed E-state index contributed by atoms with van der Waals surface area (Å²) in [5.41, 5.74) is 5.61. The molecule has 1 aromatic carbocycles. The van der Waals surface area contributed by atoms with Crippen molar-refractivity contribution in [1.82, 2.24) is 19.9 Å². The SMILES string of the molecule is C=N/C(=C\C=C/CC1=CCN(Cc2nc3ccc(C)cc3[nH]2)CC1)OCc1ccc(Cl)cn1. The third-order valence-electron chi connectivity index (χ3n) is 5.51. The minimum Gasteiger partial charge on any atom is -0.471 e. The molecule has 2 aromatic heterocycles. The standard InChI is InChI=1S/C26H28ClN5O/c1-19-7-10-23-24(15-19)31-25(30-23)17-32-13-11-20(12-14-32)5-3-4-6-26(28-2)33-18-22-9-8-21(27)16-29-22/h3-4,6-11,15-16H,2,5,12-14,17-18H2,1H3,(H,30,31)/b4-3-,26-6+. The van der Waals surface area contributed by atoms with Crippen molar-refractivity contribution in [3.05, 3.63) is 94.4 Å². The van der Waals surface area contributed by atoms with Gasteiger partial charge in [-0.2, -0.15) is 0 Å². The smallest absolute Gasteiger partial charge is 0.212 e. The van der Waals surface area contributed by atoms with Gasteiger partial charge in [-0.25, -0.2) is 9.98 Å². The number of imidazole rings is 1. The van der Waals surface area contributed by atoms with Gasteiger partial charge in [-0.1, -0.05) is 41.5 Å². The number of H-pyrrole nitrogens is 1. The Morgan fingerprint density at radius 1 is 1.33 bits per heavy atom. The lowest BCUT2D eigenvalue weighted by Crippen LogP contribution is -2.28. The molecule has 0 spiro atoms. The van der Waals surface area contributed by atoms with E-state index in [0.717, 1.165) is 55.0 Å². The Morgan fingerprint density at radius 2 is 2.24 bits per heavy atom. The zero-order chi connectivity index (χ0) is 23.0. The highest BCUT2D eigenvalue weighted by molar-refractivity contribution is 6.30. The maximum atomic E-state index is 5.85. The van der Waals surface area contributed by atoms with E-state index in [1.54, 1.807) is 12.3 Å². The normalized spacial score (nSPS) is 15.2. The van der Waals surface area contributed by atoms with E-state index < -0.39 is 0 Å². The zero-order valence-electron chi connectivity index (χ0n) is 18.8. The summed E-state index contributed by atoms with van der Waals surface area (Å²) in [5.74, 6) is 1.49. The van der Waals surface area contributed by atoms with Crippen LogP contribution in [0.2, 0.25) is 5.02 Å². The van der Waals surface area contributed by atoms with E-state index in [1.807, 2.05) is 18.2 Å². The molecule has 0 amide bonds. The van der Waals surface area contributed by atoms with Crippen LogP contribution in [0, 0.1) is 6.92 Å². The van der Waals surface area contributed by atoms with Gasteiger partial charge in [-0.15, -0.1) is 0 Å². The van der Waals surface area contributed by atoms with Crippen LogP contribution >= 0.6 is 11.6 Å². The second-order valence-electron chi connectivity index (χ2n) is 8.10. The number of pyridine rings is 1. The maximum Gasteiger partial charge on any atom is 0.212 e. The molecule has 0 atom stereocenters. The van der Waals surface area contributed by atoms with E-state index in [4.69, 9.17) is 21.3 Å². The number of hydrogen-bond donors (Lipinski definition) is 1. The Bertz CT molecular complexity index is 1190. The number of halogens is 1. The number of benzene rings is 1. The molecule has 6 nitrogen and oxygen atoms in total. The second kappa shape index (κ2) is 11.1. The summed E-state index contributed by atoms with van der Waals surface area (Å²) in [6.07, 6.45) is 11.8. The summed E-state index contributed by atoms with van der Waals surface area (Å²) in [6, 6.07) is 9.93. The summed E-state index contributed by atoms with van der Waals surface area (Å²) in [6.45, 7) is 8.80. The van der Waals surface area contributed by atoms with Gasteiger partial charge in [0.05, 0.1) is 28.3 Å². The molecule has 1 aliphatic heterocycles. The number of aliphatic imine (C=N–C) groups is 1. The van der Waals surface area contributed by atoms with Crippen molar-refractivity contribution >= 4 is 29.4 Å². The van der Waals surface area contributed by atoms with Crippen molar-refractivity contribution in [1.29, 1.82) is 0 Å². The first-order chi connectivity index (χ1) is 16.1. The minimum atomic E-state index is 0.321. The molecular weight excluding hydrogens is 434 g/mol. The van der Waals surface area contributed by atoms with E-state index in [0.29, 0.717) is 17.5 Å². The number of aromatic amines is 1. The Hall–Kier alpha value is -3.22. The molecule has 7 heteroatoms. The fourth-order valence-corrected chi connectivity index (χ4v) is 3.81. The molecule has 0 bridgehead atoms.